The number of carbonyl (C=O) groups excluding carboxylic acids is 2. The molecule has 4 rings (SSSR count). The molecule has 0 aliphatic carbocycles. The molecule has 4 aromatic rings. The Morgan fingerprint density at radius 1 is 0.919 bits per heavy atom. The van der Waals surface area contributed by atoms with Crippen molar-refractivity contribution < 1.29 is 9.59 Å². The number of nitrogens with one attached hydrogen (secondary N) is 2. The van der Waals surface area contributed by atoms with Gasteiger partial charge in [0.1, 0.15) is 12.0 Å². The van der Waals surface area contributed by atoms with E-state index >= 15 is 0 Å². The minimum Gasteiger partial charge on any atom is -0.354 e. The van der Waals surface area contributed by atoms with Gasteiger partial charge in [-0.3, -0.25) is 14.6 Å². The third-order valence-electron chi connectivity index (χ3n) is 6.03. The van der Waals surface area contributed by atoms with Crippen molar-refractivity contribution in [2.24, 2.45) is 0 Å². The molecule has 37 heavy (non-hydrogen) atoms. The van der Waals surface area contributed by atoms with Crippen molar-refractivity contribution in [3.63, 3.8) is 0 Å². The molecule has 2 aromatic heterocycles. The molecule has 2 N–H and O–H groups in total. The number of nitriles is 1. The molecule has 0 fully saturated rings. The van der Waals surface area contributed by atoms with Crippen LogP contribution in [0.15, 0.2) is 73.2 Å². The van der Waals surface area contributed by atoms with Gasteiger partial charge in [-0.1, -0.05) is 24.3 Å². The number of amides is 2. The summed E-state index contributed by atoms with van der Waals surface area (Å²) in [5, 5.41) is 14.9. The lowest BCUT2D eigenvalue weighted by atomic mass is 9.90. The van der Waals surface area contributed by atoms with E-state index in [-0.39, 0.29) is 17.5 Å². The number of hydrogen-bond acceptors (Lipinski definition) is 6. The smallest absolute Gasteiger partial charge is 0.269 e. The number of pyridine rings is 1. The highest BCUT2D eigenvalue weighted by Gasteiger charge is 2.22. The summed E-state index contributed by atoms with van der Waals surface area (Å²) in [5.41, 5.74) is 5.47. The summed E-state index contributed by atoms with van der Waals surface area (Å²) in [7, 11) is 1.56. The summed E-state index contributed by atoms with van der Waals surface area (Å²) in [6.07, 6.45) is 2.91. The molecule has 0 saturated heterocycles. The van der Waals surface area contributed by atoms with Crippen LogP contribution in [0.25, 0.3) is 22.4 Å². The summed E-state index contributed by atoms with van der Waals surface area (Å²) >= 11 is 0. The Hall–Kier alpha value is -4.90. The lowest BCUT2D eigenvalue weighted by Gasteiger charge is -2.15. The van der Waals surface area contributed by atoms with Crippen molar-refractivity contribution >= 4 is 17.5 Å². The van der Waals surface area contributed by atoms with E-state index in [0.717, 1.165) is 22.3 Å². The molecule has 0 spiro atoms. The van der Waals surface area contributed by atoms with Gasteiger partial charge in [-0.05, 0) is 73.9 Å². The zero-order valence-electron chi connectivity index (χ0n) is 21.0. The Bertz CT molecular complexity index is 1540. The highest BCUT2D eigenvalue weighted by atomic mass is 16.2. The number of aromatic nitrogens is 3. The van der Waals surface area contributed by atoms with E-state index in [1.54, 1.807) is 39.1 Å². The molecule has 0 radical (unpaired) electrons. The first-order valence-corrected chi connectivity index (χ1v) is 11.7. The van der Waals surface area contributed by atoms with Crippen LogP contribution in [0.5, 0.6) is 0 Å². The van der Waals surface area contributed by atoms with Gasteiger partial charge in [0.2, 0.25) is 0 Å². The van der Waals surface area contributed by atoms with Gasteiger partial charge in [0.25, 0.3) is 11.8 Å². The molecular weight excluding hydrogens is 464 g/mol. The van der Waals surface area contributed by atoms with Crippen LogP contribution in [0, 0.1) is 18.3 Å². The molecule has 2 amide bonds. The van der Waals surface area contributed by atoms with Crippen LogP contribution in [0.4, 0.5) is 5.69 Å². The number of aryl methyl sites for hydroxylation is 1. The van der Waals surface area contributed by atoms with Crippen LogP contribution < -0.4 is 10.6 Å². The van der Waals surface area contributed by atoms with Gasteiger partial charge in [-0.25, -0.2) is 9.97 Å². The Kier molecular flexibility index (Phi) is 7.07. The first-order valence-electron chi connectivity index (χ1n) is 11.7. The van der Waals surface area contributed by atoms with Crippen LogP contribution >= 0.6 is 0 Å². The fourth-order valence-electron chi connectivity index (χ4n) is 3.80. The summed E-state index contributed by atoms with van der Waals surface area (Å²) in [5.74, 6) is -0.569. The van der Waals surface area contributed by atoms with Crippen LogP contribution in [0.1, 0.15) is 46.0 Å². The molecule has 0 aliphatic rings. The SMILES string of the molecule is CNC(=O)c1cc(-c2cccc(-c3cc(NC(=O)c4ccnc(C(C)(C)C#N)c4)ccc3C)c2)ncn1. The second-order valence-corrected chi connectivity index (χ2v) is 9.10. The Morgan fingerprint density at radius 3 is 2.46 bits per heavy atom. The average molecular weight is 491 g/mol. The maximum atomic E-state index is 13.0. The van der Waals surface area contributed by atoms with Gasteiger partial charge in [-0.2, -0.15) is 5.26 Å². The van der Waals surface area contributed by atoms with Crippen molar-refractivity contribution in [2.75, 3.05) is 12.4 Å². The molecule has 0 aliphatic heterocycles. The molecule has 0 atom stereocenters. The van der Waals surface area contributed by atoms with E-state index in [4.69, 9.17) is 0 Å². The normalized spacial score (nSPS) is 10.9. The number of benzene rings is 2. The predicted molar refractivity (Wildman–Crippen MR) is 142 cm³/mol. The molecule has 8 heteroatoms. The van der Waals surface area contributed by atoms with Crippen LogP contribution in [0.3, 0.4) is 0 Å². The highest BCUT2D eigenvalue weighted by Crippen LogP contribution is 2.30. The average Bonchev–Trinajstić information content (AvgIpc) is 2.93. The minimum absolute atomic E-state index is 0.281. The van der Waals surface area contributed by atoms with Crippen LogP contribution in [-0.2, 0) is 5.41 Å². The standard InChI is InChI=1S/C29H26N6O2/c1-18-8-9-22(35-27(36)21-10-11-32-26(13-21)29(2,3)16-30)14-23(18)19-6-5-7-20(12-19)24-15-25(28(37)31-4)34-17-33-24/h5-15,17H,1-4H3,(H,31,37)(H,35,36). The molecule has 184 valence electrons. The first-order chi connectivity index (χ1) is 17.7. The molecule has 8 nitrogen and oxygen atoms in total. The Morgan fingerprint density at radius 2 is 1.70 bits per heavy atom. The second kappa shape index (κ2) is 10.4. The van der Waals surface area contributed by atoms with Gasteiger partial charge in [0.05, 0.1) is 22.9 Å². The molecule has 0 unspecified atom stereocenters. The topological polar surface area (TPSA) is 121 Å². The number of hydrogen-bond donors (Lipinski definition) is 2. The predicted octanol–water partition coefficient (Wildman–Crippen LogP) is 4.93. The van der Waals surface area contributed by atoms with Crippen LogP contribution in [0.2, 0.25) is 0 Å². The summed E-state index contributed by atoms with van der Waals surface area (Å²) in [6, 6.07) is 20.7. The summed E-state index contributed by atoms with van der Waals surface area (Å²) in [4.78, 5) is 37.6. The zero-order chi connectivity index (χ0) is 26.6. The van der Waals surface area contributed by atoms with Crippen molar-refractivity contribution in [3.05, 3.63) is 95.7 Å². The third kappa shape index (κ3) is 5.52. The van der Waals surface area contributed by atoms with Gasteiger partial charge in [0.15, 0.2) is 0 Å². The van der Waals surface area contributed by atoms with Crippen molar-refractivity contribution in [3.8, 4) is 28.5 Å². The van der Waals surface area contributed by atoms with Crippen molar-refractivity contribution in [2.45, 2.75) is 26.2 Å². The number of rotatable bonds is 6. The third-order valence-corrected chi connectivity index (χ3v) is 6.03. The van der Waals surface area contributed by atoms with Crippen molar-refractivity contribution in [1.82, 2.24) is 20.3 Å². The number of nitrogens with zero attached hydrogens (tertiary/aromatic N) is 4. The molecule has 0 bridgehead atoms. The van der Waals surface area contributed by atoms with Gasteiger partial charge < -0.3 is 10.6 Å². The quantitative estimate of drug-likeness (QED) is 0.395. The fourth-order valence-corrected chi connectivity index (χ4v) is 3.80. The summed E-state index contributed by atoms with van der Waals surface area (Å²) in [6.45, 7) is 5.53. The maximum absolute atomic E-state index is 13.0. The molecule has 2 aromatic carbocycles. The largest absolute Gasteiger partial charge is 0.354 e. The monoisotopic (exact) mass is 490 g/mol. The minimum atomic E-state index is -0.802. The fraction of sp³-hybridized carbons (Fsp3) is 0.172. The van der Waals surface area contributed by atoms with E-state index < -0.39 is 5.41 Å². The van der Waals surface area contributed by atoms with Gasteiger partial charge in [0, 0.05) is 30.1 Å². The molecule has 0 saturated carbocycles. The number of carbonyl (C=O) groups is 2. The summed E-state index contributed by atoms with van der Waals surface area (Å²) < 4.78 is 0. The van der Waals surface area contributed by atoms with E-state index in [9.17, 15) is 14.9 Å². The lowest BCUT2D eigenvalue weighted by Crippen LogP contribution is -2.19. The zero-order valence-corrected chi connectivity index (χ0v) is 21.0. The lowest BCUT2D eigenvalue weighted by molar-refractivity contribution is 0.0957. The highest BCUT2D eigenvalue weighted by molar-refractivity contribution is 6.04. The van der Waals surface area contributed by atoms with E-state index in [1.165, 1.54) is 12.5 Å². The molecule has 2 heterocycles. The number of anilines is 1. The second-order valence-electron chi connectivity index (χ2n) is 9.10. The van der Waals surface area contributed by atoms with E-state index in [2.05, 4.69) is 31.7 Å². The van der Waals surface area contributed by atoms with Crippen molar-refractivity contribution in [1.29, 1.82) is 5.26 Å². The maximum Gasteiger partial charge on any atom is 0.269 e. The van der Waals surface area contributed by atoms with Gasteiger partial charge >= 0.3 is 0 Å². The Balaban J connectivity index is 1.63. The van der Waals surface area contributed by atoms with Gasteiger partial charge in [-0.15, -0.1) is 0 Å². The van der Waals surface area contributed by atoms with Crippen LogP contribution in [-0.4, -0.2) is 33.8 Å². The first kappa shape index (κ1) is 25.2. The Labute approximate surface area is 215 Å². The molecular formula is C29H26N6O2. The van der Waals surface area contributed by atoms with E-state index in [1.807, 2.05) is 49.4 Å². The van der Waals surface area contributed by atoms with E-state index in [0.29, 0.717) is 22.6 Å².